The Kier molecular flexibility index (Phi) is 5.22. The lowest BCUT2D eigenvalue weighted by Gasteiger charge is -2.31. The first-order chi connectivity index (χ1) is 12.2. The Balaban J connectivity index is 1.59. The van der Waals surface area contributed by atoms with E-state index >= 15 is 0 Å². The number of ether oxygens (including phenoxy) is 1. The van der Waals surface area contributed by atoms with Gasteiger partial charge in [0.15, 0.2) is 5.82 Å². The topological polar surface area (TPSA) is 102 Å². The molecule has 3 heterocycles. The van der Waals surface area contributed by atoms with Crippen LogP contribution in [0.5, 0.6) is 0 Å². The molecule has 9 nitrogen and oxygen atoms in total. The maximum absolute atomic E-state index is 12.4. The highest BCUT2D eigenvalue weighted by molar-refractivity contribution is 5.89. The number of piperidine rings is 1. The van der Waals surface area contributed by atoms with Crippen molar-refractivity contribution in [2.24, 2.45) is 5.92 Å². The van der Waals surface area contributed by atoms with Crippen molar-refractivity contribution in [3.8, 4) is 5.82 Å². The number of hydrogen-bond acceptors (Lipinski definition) is 6. The highest BCUT2D eigenvalue weighted by atomic mass is 16.5. The van der Waals surface area contributed by atoms with Crippen molar-refractivity contribution < 1.29 is 14.3 Å². The summed E-state index contributed by atoms with van der Waals surface area (Å²) in [6.07, 6.45) is 6.05. The molecule has 1 aliphatic rings. The largest absolute Gasteiger partial charge is 0.466 e. The van der Waals surface area contributed by atoms with Gasteiger partial charge in [0, 0.05) is 13.1 Å². The summed E-state index contributed by atoms with van der Waals surface area (Å²) in [5, 5.41) is 6.80. The predicted octanol–water partition coefficient (Wildman–Crippen LogP) is 1.47. The number of pyridine rings is 1. The van der Waals surface area contributed by atoms with Crippen molar-refractivity contribution in [2.75, 3.05) is 25.0 Å². The number of nitrogens with one attached hydrogen (secondary N) is 1. The zero-order valence-electron chi connectivity index (χ0n) is 14.0. The number of esters is 1. The maximum Gasteiger partial charge on any atom is 0.321 e. The average Bonchev–Trinajstić information content (AvgIpc) is 3.17. The first kappa shape index (κ1) is 16.9. The number of likely N-dealkylation sites (tertiary alicyclic amines) is 1. The zero-order valence-corrected chi connectivity index (χ0v) is 14.0. The minimum Gasteiger partial charge on any atom is -0.466 e. The Labute approximate surface area is 145 Å². The number of anilines is 1. The van der Waals surface area contributed by atoms with E-state index in [-0.39, 0.29) is 17.9 Å². The summed E-state index contributed by atoms with van der Waals surface area (Å²) < 4.78 is 6.58. The van der Waals surface area contributed by atoms with Crippen LogP contribution in [-0.2, 0) is 9.53 Å². The van der Waals surface area contributed by atoms with Crippen molar-refractivity contribution in [1.82, 2.24) is 24.6 Å². The van der Waals surface area contributed by atoms with Gasteiger partial charge >= 0.3 is 12.0 Å². The standard InChI is InChI=1S/C16H20N6O3/c1-2-25-15(23)12-4-3-7-21(9-12)16(24)20-13-5-6-14(18-8-13)22-11-17-10-19-22/h5-6,8,10-12H,2-4,7,9H2,1H3,(H,20,24)/t12-/m1/s1. The molecule has 25 heavy (non-hydrogen) atoms. The van der Waals surface area contributed by atoms with Gasteiger partial charge in [0.25, 0.3) is 0 Å². The Morgan fingerprint density at radius 2 is 2.28 bits per heavy atom. The molecule has 1 aliphatic heterocycles. The summed E-state index contributed by atoms with van der Waals surface area (Å²) in [6, 6.07) is 3.24. The van der Waals surface area contributed by atoms with Crippen LogP contribution in [0, 0.1) is 5.92 Å². The van der Waals surface area contributed by atoms with E-state index in [0.717, 1.165) is 12.8 Å². The third kappa shape index (κ3) is 4.11. The third-order valence-electron chi connectivity index (χ3n) is 3.98. The van der Waals surface area contributed by atoms with E-state index < -0.39 is 0 Å². The third-order valence-corrected chi connectivity index (χ3v) is 3.98. The van der Waals surface area contributed by atoms with Crippen LogP contribution in [0.25, 0.3) is 5.82 Å². The fourth-order valence-electron chi connectivity index (χ4n) is 2.74. The summed E-state index contributed by atoms with van der Waals surface area (Å²) in [7, 11) is 0. The second-order valence-electron chi connectivity index (χ2n) is 5.71. The van der Waals surface area contributed by atoms with Crippen LogP contribution in [0.4, 0.5) is 10.5 Å². The second kappa shape index (κ2) is 7.73. The van der Waals surface area contributed by atoms with Crippen LogP contribution in [0.3, 0.4) is 0 Å². The number of amides is 2. The first-order valence-electron chi connectivity index (χ1n) is 8.21. The van der Waals surface area contributed by atoms with Crippen molar-refractivity contribution in [2.45, 2.75) is 19.8 Å². The van der Waals surface area contributed by atoms with E-state index in [2.05, 4.69) is 20.4 Å². The SMILES string of the molecule is CCOC(=O)[C@@H]1CCCN(C(=O)Nc2ccc(-n3cncn3)nc2)C1. The molecule has 9 heteroatoms. The molecule has 1 N–H and O–H groups in total. The Morgan fingerprint density at radius 1 is 1.40 bits per heavy atom. The molecule has 2 amide bonds. The normalized spacial score (nSPS) is 17.2. The molecule has 0 spiro atoms. The van der Waals surface area contributed by atoms with Gasteiger partial charge in [-0.15, -0.1) is 0 Å². The van der Waals surface area contributed by atoms with Crippen LogP contribution < -0.4 is 5.32 Å². The van der Waals surface area contributed by atoms with Gasteiger partial charge in [-0.05, 0) is 31.9 Å². The van der Waals surface area contributed by atoms with Crippen LogP contribution in [0.1, 0.15) is 19.8 Å². The second-order valence-corrected chi connectivity index (χ2v) is 5.71. The number of carbonyl (C=O) groups is 2. The fourth-order valence-corrected chi connectivity index (χ4v) is 2.74. The van der Waals surface area contributed by atoms with Gasteiger partial charge in [0.05, 0.1) is 24.4 Å². The molecule has 2 aromatic rings. The molecule has 0 radical (unpaired) electrons. The molecule has 0 unspecified atom stereocenters. The molecule has 0 saturated carbocycles. The Bertz CT molecular complexity index is 716. The van der Waals surface area contributed by atoms with E-state index in [1.807, 2.05) is 0 Å². The zero-order chi connectivity index (χ0) is 17.6. The smallest absolute Gasteiger partial charge is 0.321 e. The fraction of sp³-hybridized carbons (Fsp3) is 0.438. The minimum atomic E-state index is -0.257. The molecule has 0 bridgehead atoms. The minimum absolute atomic E-state index is 0.237. The van der Waals surface area contributed by atoms with E-state index in [4.69, 9.17) is 4.74 Å². The maximum atomic E-state index is 12.4. The number of urea groups is 1. The van der Waals surface area contributed by atoms with Gasteiger partial charge in [-0.25, -0.2) is 19.4 Å². The number of rotatable bonds is 4. The number of carbonyl (C=O) groups excluding carboxylic acids is 2. The summed E-state index contributed by atoms with van der Waals surface area (Å²) in [5.41, 5.74) is 0.576. The lowest BCUT2D eigenvalue weighted by Crippen LogP contribution is -2.44. The van der Waals surface area contributed by atoms with Gasteiger partial charge in [-0.1, -0.05) is 0 Å². The molecule has 0 aromatic carbocycles. The highest BCUT2D eigenvalue weighted by Gasteiger charge is 2.29. The molecule has 1 saturated heterocycles. The molecule has 1 atom stereocenters. The van der Waals surface area contributed by atoms with Gasteiger partial charge < -0.3 is 15.0 Å². The van der Waals surface area contributed by atoms with Crippen LogP contribution in [0.15, 0.2) is 31.0 Å². The van der Waals surface area contributed by atoms with E-state index in [0.29, 0.717) is 31.2 Å². The lowest BCUT2D eigenvalue weighted by atomic mass is 9.98. The van der Waals surface area contributed by atoms with Crippen LogP contribution in [-0.4, -0.2) is 56.3 Å². The van der Waals surface area contributed by atoms with Crippen molar-refractivity contribution in [1.29, 1.82) is 0 Å². The van der Waals surface area contributed by atoms with Gasteiger partial charge in [-0.2, -0.15) is 5.10 Å². The Morgan fingerprint density at radius 3 is 2.96 bits per heavy atom. The summed E-state index contributed by atoms with van der Waals surface area (Å²) in [4.78, 5) is 34.0. The highest BCUT2D eigenvalue weighted by Crippen LogP contribution is 2.19. The first-order valence-corrected chi connectivity index (χ1v) is 8.21. The molecule has 2 aromatic heterocycles. The van der Waals surface area contributed by atoms with E-state index in [1.165, 1.54) is 11.0 Å². The summed E-state index contributed by atoms with van der Waals surface area (Å²) in [6.45, 7) is 3.12. The average molecular weight is 344 g/mol. The van der Waals surface area contributed by atoms with Crippen LogP contribution >= 0.6 is 0 Å². The molecule has 0 aliphatic carbocycles. The van der Waals surface area contributed by atoms with E-state index in [1.54, 1.807) is 36.5 Å². The molecule has 1 fully saturated rings. The number of hydrogen-bond donors (Lipinski definition) is 1. The summed E-state index contributed by atoms with van der Waals surface area (Å²) >= 11 is 0. The monoisotopic (exact) mass is 344 g/mol. The van der Waals surface area contributed by atoms with Crippen molar-refractivity contribution in [3.05, 3.63) is 31.0 Å². The lowest BCUT2D eigenvalue weighted by molar-refractivity contribution is -0.149. The van der Waals surface area contributed by atoms with Crippen LogP contribution in [0.2, 0.25) is 0 Å². The van der Waals surface area contributed by atoms with Crippen molar-refractivity contribution >= 4 is 17.7 Å². The van der Waals surface area contributed by atoms with Gasteiger partial charge in [-0.3, -0.25) is 4.79 Å². The van der Waals surface area contributed by atoms with E-state index in [9.17, 15) is 9.59 Å². The van der Waals surface area contributed by atoms with Gasteiger partial charge in [0.1, 0.15) is 12.7 Å². The van der Waals surface area contributed by atoms with Crippen molar-refractivity contribution in [3.63, 3.8) is 0 Å². The predicted molar refractivity (Wildman–Crippen MR) is 89.1 cm³/mol. The van der Waals surface area contributed by atoms with Gasteiger partial charge in [0.2, 0.25) is 0 Å². The number of nitrogens with zero attached hydrogens (tertiary/aromatic N) is 5. The number of aromatic nitrogens is 4. The quantitative estimate of drug-likeness (QED) is 0.843. The molecular weight excluding hydrogens is 324 g/mol. The Hall–Kier alpha value is -2.97. The summed E-state index contributed by atoms with van der Waals surface area (Å²) in [5.74, 6) is 0.113. The molecular formula is C16H20N6O3. The molecule has 3 rings (SSSR count). The molecule has 132 valence electrons.